The molecule has 1 saturated heterocycles. The van der Waals surface area contributed by atoms with Gasteiger partial charge in [-0.1, -0.05) is 12.1 Å². The Balaban J connectivity index is 1.47. The summed E-state index contributed by atoms with van der Waals surface area (Å²) in [4.78, 5) is 16.7. The summed E-state index contributed by atoms with van der Waals surface area (Å²) in [5, 5.41) is 4.45. The molecule has 0 atom stereocenters. The molecule has 0 saturated carbocycles. The Bertz CT molecular complexity index is 777. The number of anilines is 1. The second-order valence-electron chi connectivity index (χ2n) is 6.48. The largest absolute Gasteiger partial charge is 0.366 e. The van der Waals surface area contributed by atoms with Gasteiger partial charge in [-0.3, -0.25) is 9.48 Å². The Morgan fingerprint density at radius 2 is 1.88 bits per heavy atom. The van der Waals surface area contributed by atoms with Crippen LogP contribution in [0.1, 0.15) is 28.2 Å². The van der Waals surface area contributed by atoms with Crippen molar-refractivity contribution in [3.8, 4) is 0 Å². The fraction of sp³-hybridized carbons (Fsp3) is 0.444. The zero-order valence-electron chi connectivity index (χ0n) is 13.8. The van der Waals surface area contributed by atoms with E-state index in [9.17, 15) is 9.18 Å². The van der Waals surface area contributed by atoms with Gasteiger partial charge in [0.2, 0.25) is 0 Å². The van der Waals surface area contributed by atoms with Gasteiger partial charge in [0.25, 0.3) is 5.91 Å². The zero-order chi connectivity index (χ0) is 16.7. The summed E-state index contributed by atoms with van der Waals surface area (Å²) in [7, 11) is 1.91. The number of fused-ring (bicyclic) bond motifs is 1. The molecule has 24 heavy (non-hydrogen) atoms. The van der Waals surface area contributed by atoms with Crippen LogP contribution in [0.4, 0.5) is 10.1 Å². The van der Waals surface area contributed by atoms with Crippen LogP contribution in [0.3, 0.4) is 0 Å². The molecule has 1 aliphatic carbocycles. The van der Waals surface area contributed by atoms with E-state index in [-0.39, 0.29) is 11.7 Å². The minimum Gasteiger partial charge on any atom is -0.366 e. The molecule has 0 unspecified atom stereocenters. The molecule has 1 amide bonds. The first-order valence-corrected chi connectivity index (χ1v) is 8.48. The Hall–Kier alpha value is -2.37. The summed E-state index contributed by atoms with van der Waals surface area (Å²) in [6, 6.07) is 6.80. The van der Waals surface area contributed by atoms with Gasteiger partial charge in [-0.05, 0) is 31.4 Å². The first kappa shape index (κ1) is 15.2. The number of aryl methyl sites for hydroxylation is 1. The second-order valence-corrected chi connectivity index (χ2v) is 6.48. The molecule has 2 heterocycles. The van der Waals surface area contributed by atoms with Gasteiger partial charge in [0.1, 0.15) is 5.82 Å². The van der Waals surface area contributed by atoms with Crippen LogP contribution in [0, 0.1) is 5.82 Å². The first-order valence-electron chi connectivity index (χ1n) is 8.48. The molecule has 1 fully saturated rings. The van der Waals surface area contributed by atoms with Crippen LogP contribution in [0.25, 0.3) is 0 Å². The molecule has 1 aromatic heterocycles. The highest BCUT2D eigenvalue weighted by molar-refractivity contribution is 5.94. The average Bonchev–Trinajstić information content (AvgIpc) is 3.19. The fourth-order valence-electron chi connectivity index (χ4n) is 3.79. The Labute approximate surface area is 140 Å². The maximum absolute atomic E-state index is 13.9. The van der Waals surface area contributed by atoms with Crippen molar-refractivity contribution in [1.82, 2.24) is 14.7 Å². The standard InChI is InChI=1S/C18H21FN4O/c1-21-15-8-4-5-13(15)17(20-21)18(24)23-11-9-22(10-12-23)16-7-3-2-6-14(16)19/h2-3,6-7H,4-5,8-12H2,1H3. The highest BCUT2D eigenvalue weighted by atomic mass is 19.1. The lowest BCUT2D eigenvalue weighted by molar-refractivity contribution is 0.0739. The highest BCUT2D eigenvalue weighted by Gasteiger charge is 2.30. The van der Waals surface area contributed by atoms with Gasteiger partial charge in [-0.15, -0.1) is 0 Å². The molecule has 0 bridgehead atoms. The molecule has 0 spiro atoms. The van der Waals surface area contributed by atoms with Crippen molar-refractivity contribution in [2.45, 2.75) is 19.3 Å². The lowest BCUT2D eigenvalue weighted by Crippen LogP contribution is -2.49. The third-order valence-corrected chi connectivity index (χ3v) is 5.08. The van der Waals surface area contributed by atoms with Crippen molar-refractivity contribution in [2.75, 3.05) is 31.1 Å². The molecule has 5 nitrogen and oxygen atoms in total. The molecule has 1 aromatic carbocycles. The number of carbonyl (C=O) groups excluding carboxylic acids is 1. The van der Waals surface area contributed by atoms with E-state index in [0.717, 1.165) is 24.8 Å². The van der Waals surface area contributed by atoms with Crippen LogP contribution >= 0.6 is 0 Å². The van der Waals surface area contributed by atoms with Crippen LogP contribution in [0.15, 0.2) is 24.3 Å². The Kier molecular flexibility index (Phi) is 3.75. The fourth-order valence-corrected chi connectivity index (χ4v) is 3.79. The van der Waals surface area contributed by atoms with Gasteiger partial charge < -0.3 is 9.80 Å². The summed E-state index contributed by atoms with van der Waals surface area (Å²) in [6.45, 7) is 2.47. The van der Waals surface area contributed by atoms with Crippen molar-refractivity contribution < 1.29 is 9.18 Å². The average molecular weight is 328 g/mol. The van der Waals surface area contributed by atoms with E-state index >= 15 is 0 Å². The molecule has 6 heteroatoms. The molecule has 0 N–H and O–H groups in total. The van der Waals surface area contributed by atoms with Gasteiger partial charge in [-0.2, -0.15) is 5.10 Å². The van der Waals surface area contributed by atoms with E-state index in [1.54, 1.807) is 12.1 Å². The summed E-state index contributed by atoms with van der Waals surface area (Å²) in [5.74, 6) is -0.193. The highest BCUT2D eigenvalue weighted by Crippen LogP contribution is 2.26. The summed E-state index contributed by atoms with van der Waals surface area (Å²) in [5.41, 5.74) is 3.55. The minimum atomic E-state index is -0.208. The van der Waals surface area contributed by atoms with Crippen LogP contribution in [0.2, 0.25) is 0 Å². The maximum atomic E-state index is 13.9. The molecule has 2 aromatic rings. The number of amides is 1. The zero-order valence-corrected chi connectivity index (χ0v) is 13.8. The molecular weight excluding hydrogens is 307 g/mol. The topological polar surface area (TPSA) is 41.4 Å². The number of carbonyl (C=O) groups is 1. The first-order chi connectivity index (χ1) is 11.6. The van der Waals surface area contributed by atoms with Gasteiger partial charge in [0.05, 0.1) is 5.69 Å². The van der Waals surface area contributed by atoms with Crippen LogP contribution in [-0.2, 0) is 19.9 Å². The van der Waals surface area contributed by atoms with Crippen LogP contribution in [-0.4, -0.2) is 46.8 Å². The molecule has 1 aliphatic heterocycles. The third-order valence-electron chi connectivity index (χ3n) is 5.08. The van der Waals surface area contributed by atoms with Crippen molar-refractivity contribution in [3.05, 3.63) is 47.0 Å². The van der Waals surface area contributed by atoms with Crippen molar-refractivity contribution in [3.63, 3.8) is 0 Å². The van der Waals surface area contributed by atoms with Crippen molar-refractivity contribution in [2.24, 2.45) is 7.05 Å². The van der Waals surface area contributed by atoms with Gasteiger partial charge >= 0.3 is 0 Å². The Morgan fingerprint density at radius 3 is 2.62 bits per heavy atom. The van der Waals surface area contributed by atoms with Gasteiger partial charge in [-0.25, -0.2) is 4.39 Å². The summed E-state index contributed by atoms with van der Waals surface area (Å²) in [6.07, 6.45) is 3.05. The lowest BCUT2D eigenvalue weighted by Gasteiger charge is -2.36. The summed E-state index contributed by atoms with van der Waals surface area (Å²) >= 11 is 0. The number of hydrogen-bond donors (Lipinski definition) is 0. The van der Waals surface area contributed by atoms with Crippen molar-refractivity contribution >= 4 is 11.6 Å². The molecule has 0 radical (unpaired) electrons. The monoisotopic (exact) mass is 328 g/mol. The number of nitrogens with zero attached hydrogens (tertiary/aromatic N) is 4. The predicted molar refractivity (Wildman–Crippen MR) is 89.7 cm³/mol. The predicted octanol–water partition coefficient (Wildman–Crippen LogP) is 2.01. The normalized spacial score (nSPS) is 17.2. The molecular formula is C18H21FN4O. The third kappa shape index (κ3) is 2.46. The number of hydrogen-bond acceptors (Lipinski definition) is 3. The van der Waals surface area contributed by atoms with E-state index < -0.39 is 0 Å². The minimum absolute atomic E-state index is 0.0157. The number of benzene rings is 1. The van der Waals surface area contributed by atoms with E-state index in [1.165, 1.54) is 11.8 Å². The maximum Gasteiger partial charge on any atom is 0.274 e. The quantitative estimate of drug-likeness (QED) is 0.847. The van der Waals surface area contributed by atoms with E-state index in [4.69, 9.17) is 0 Å². The number of aromatic nitrogens is 2. The van der Waals surface area contributed by atoms with E-state index in [1.807, 2.05) is 27.6 Å². The molecule has 126 valence electrons. The van der Waals surface area contributed by atoms with Crippen molar-refractivity contribution in [1.29, 1.82) is 0 Å². The van der Waals surface area contributed by atoms with Gasteiger partial charge in [0, 0.05) is 44.5 Å². The van der Waals surface area contributed by atoms with E-state index in [2.05, 4.69) is 5.10 Å². The van der Waals surface area contributed by atoms with E-state index in [0.29, 0.717) is 37.6 Å². The number of halogens is 1. The second kappa shape index (κ2) is 5.92. The summed E-state index contributed by atoms with van der Waals surface area (Å²) < 4.78 is 15.8. The molecule has 4 rings (SSSR count). The van der Waals surface area contributed by atoms with Crippen LogP contribution < -0.4 is 4.90 Å². The number of para-hydroxylation sites is 1. The SMILES string of the molecule is Cn1nc(C(=O)N2CCN(c3ccccc3F)CC2)c2c1CCC2. The number of piperazine rings is 1. The smallest absolute Gasteiger partial charge is 0.274 e. The van der Waals surface area contributed by atoms with Gasteiger partial charge in [0.15, 0.2) is 5.69 Å². The molecule has 2 aliphatic rings. The number of rotatable bonds is 2. The lowest BCUT2D eigenvalue weighted by atomic mass is 10.1. The van der Waals surface area contributed by atoms with Crippen LogP contribution in [0.5, 0.6) is 0 Å². The Morgan fingerprint density at radius 1 is 1.12 bits per heavy atom.